The maximum absolute atomic E-state index is 14.0. The Balaban J connectivity index is 2.04. The first kappa shape index (κ1) is 30.3. The fourth-order valence-electron chi connectivity index (χ4n) is 4.00. The van der Waals surface area contributed by atoms with Crippen LogP contribution in [-0.2, 0) is 32.6 Å². The first-order valence-corrected chi connectivity index (χ1v) is 15.2. The summed E-state index contributed by atoms with van der Waals surface area (Å²) < 4.78 is 41.0. The third kappa shape index (κ3) is 8.90. The van der Waals surface area contributed by atoms with E-state index in [9.17, 15) is 22.4 Å². The van der Waals surface area contributed by atoms with E-state index in [2.05, 4.69) is 21.2 Å². The van der Waals surface area contributed by atoms with E-state index in [1.807, 2.05) is 44.2 Å². The number of carbonyl (C=O) groups is 2. The van der Waals surface area contributed by atoms with E-state index in [1.54, 1.807) is 36.4 Å². The molecule has 0 aliphatic rings. The quantitative estimate of drug-likeness (QED) is 0.313. The summed E-state index contributed by atoms with van der Waals surface area (Å²) >= 11 is 3.34. The summed E-state index contributed by atoms with van der Waals surface area (Å²) in [7, 11) is -3.85. The van der Waals surface area contributed by atoms with Gasteiger partial charge in [-0.2, -0.15) is 0 Å². The van der Waals surface area contributed by atoms with E-state index in [0.29, 0.717) is 17.7 Å². The Morgan fingerprint density at radius 2 is 1.56 bits per heavy atom. The molecule has 10 heteroatoms. The summed E-state index contributed by atoms with van der Waals surface area (Å²) in [6.07, 6.45) is 1.94. The SMILES string of the molecule is CC[C@H](C)NC(=O)[C@@H](Cc1ccccc1)N(Cc1ccc(F)cc1)C(=O)CN(c1ccc(Br)cc1)S(C)(=O)=O. The summed E-state index contributed by atoms with van der Waals surface area (Å²) in [5, 5.41) is 2.97. The molecule has 3 aromatic rings. The van der Waals surface area contributed by atoms with Crippen molar-refractivity contribution in [2.75, 3.05) is 17.1 Å². The molecule has 7 nitrogen and oxygen atoms in total. The molecule has 0 aliphatic carbocycles. The van der Waals surface area contributed by atoms with Crippen LogP contribution >= 0.6 is 15.9 Å². The van der Waals surface area contributed by atoms with Crippen molar-refractivity contribution in [1.82, 2.24) is 10.2 Å². The maximum atomic E-state index is 14.0. The number of sulfonamides is 1. The largest absolute Gasteiger partial charge is 0.352 e. The van der Waals surface area contributed by atoms with Gasteiger partial charge in [0, 0.05) is 23.5 Å². The smallest absolute Gasteiger partial charge is 0.244 e. The van der Waals surface area contributed by atoms with Gasteiger partial charge < -0.3 is 10.2 Å². The molecule has 1 N–H and O–H groups in total. The van der Waals surface area contributed by atoms with Crippen LogP contribution in [0.2, 0.25) is 0 Å². The standard InChI is InChI=1S/C29H33BrFN3O4S/c1-4-21(2)32-29(36)27(18-22-8-6-5-7-9-22)33(19-23-10-14-25(31)15-11-23)28(35)20-34(39(3,37)38)26-16-12-24(30)13-17-26/h5-17,21,27H,4,18-20H2,1-3H3,(H,32,36)/t21-,27+/m0/s1. The monoisotopic (exact) mass is 617 g/mol. The molecule has 2 amide bonds. The van der Waals surface area contributed by atoms with Gasteiger partial charge in [0.1, 0.15) is 18.4 Å². The Bertz CT molecular complexity index is 1350. The predicted molar refractivity (Wildman–Crippen MR) is 155 cm³/mol. The molecule has 3 aromatic carbocycles. The summed E-state index contributed by atoms with van der Waals surface area (Å²) in [6.45, 7) is 3.30. The first-order chi connectivity index (χ1) is 18.5. The summed E-state index contributed by atoms with van der Waals surface area (Å²) in [5.74, 6) is -1.34. The van der Waals surface area contributed by atoms with E-state index < -0.39 is 34.3 Å². The molecule has 0 bridgehead atoms. The van der Waals surface area contributed by atoms with Crippen molar-refractivity contribution in [3.05, 3.63) is 100 Å². The van der Waals surface area contributed by atoms with Crippen LogP contribution in [0.15, 0.2) is 83.3 Å². The number of hydrogen-bond donors (Lipinski definition) is 1. The fraction of sp³-hybridized carbons (Fsp3) is 0.310. The first-order valence-electron chi connectivity index (χ1n) is 12.6. The number of halogens is 2. The Morgan fingerprint density at radius 3 is 2.13 bits per heavy atom. The molecule has 0 heterocycles. The number of anilines is 1. The Hall–Kier alpha value is -3.24. The van der Waals surface area contributed by atoms with Gasteiger partial charge in [-0.1, -0.05) is 65.3 Å². The van der Waals surface area contributed by atoms with Crippen molar-refractivity contribution in [2.24, 2.45) is 0 Å². The molecule has 39 heavy (non-hydrogen) atoms. The average molecular weight is 619 g/mol. The Morgan fingerprint density at radius 1 is 0.949 bits per heavy atom. The van der Waals surface area contributed by atoms with Crippen LogP contribution in [0.1, 0.15) is 31.4 Å². The minimum atomic E-state index is -3.85. The van der Waals surface area contributed by atoms with Crippen LogP contribution in [0, 0.1) is 5.82 Å². The number of rotatable bonds is 12. The molecule has 0 unspecified atom stereocenters. The van der Waals surface area contributed by atoms with Crippen molar-refractivity contribution in [2.45, 2.75) is 45.3 Å². The van der Waals surface area contributed by atoms with Crippen molar-refractivity contribution in [3.63, 3.8) is 0 Å². The normalized spacial score (nSPS) is 12.8. The Labute approximate surface area is 238 Å². The molecule has 3 rings (SSSR count). The lowest BCUT2D eigenvalue weighted by Crippen LogP contribution is -2.54. The molecule has 0 aromatic heterocycles. The third-order valence-electron chi connectivity index (χ3n) is 6.33. The van der Waals surface area contributed by atoms with Crippen LogP contribution in [0.3, 0.4) is 0 Å². The molecular weight excluding hydrogens is 585 g/mol. The van der Waals surface area contributed by atoms with Crippen LogP contribution in [0.5, 0.6) is 0 Å². The van der Waals surface area contributed by atoms with E-state index >= 15 is 0 Å². The van der Waals surface area contributed by atoms with Gasteiger partial charge in [0.05, 0.1) is 11.9 Å². The Kier molecular flexibility index (Phi) is 10.7. The predicted octanol–water partition coefficient (Wildman–Crippen LogP) is 4.91. The summed E-state index contributed by atoms with van der Waals surface area (Å²) in [6, 6.07) is 20.5. The molecule has 0 radical (unpaired) electrons. The topological polar surface area (TPSA) is 86.8 Å². The van der Waals surface area contributed by atoms with E-state index in [1.165, 1.54) is 17.0 Å². The summed E-state index contributed by atoms with van der Waals surface area (Å²) in [5.41, 5.74) is 1.76. The minimum absolute atomic E-state index is 0.0114. The lowest BCUT2D eigenvalue weighted by Gasteiger charge is -2.34. The molecule has 2 atom stereocenters. The number of nitrogens with zero attached hydrogens (tertiary/aromatic N) is 2. The third-order valence-corrected chi connectivity index (χ3v) is 8.00. The van der Waals surface area contributed by atoms with Crippen LogP contribution < -0.4 is 9.62 Å². The molecule has 0 spiro atoms. The number of hydrogen-bond acceptors (Lipinski definition) is 4. The number of nitrogens with one attached hydrogen (secondary N) is 1. The molecule has 0 saturated carbocycles. The maximum Gasteiger partial charge on any atom is 0.244 e. The second-order valence-electron chi connectivity index (χ2n) is 9.42. The van der Waals surface area contributed by atoms with Crippen molar-refractivity contribution < 1.29 is 22.4 Å². The zero-order chi connectivity index (χ0) is 28.6. The van der Waals surface area contributed by atoms with Gasteiger partial charge in [-0.3, -0.25) is 13.9 Å². The highest BCUT2D eigenvalue weighted by Crippen LogP contribution is 2.22. The average Bonchev–Trinajstić information content (AvgIpc) is 2.90. The van der Waals surface area contributed by atoms with Gasteiger partial charge >= 0.3 is 0 Å². The van der Waals surface area contributed by atoms with Gasteiger partial charge in [0.15, 0.2) is 0 Å². The van der Waals surface area contributed by atoms with Crippen LogP contribution in [0.25, 0.3) is 0 Å². The highest BCUT2D eigenvalue weighted by molar-refractivity contribution is 9.10. The van der Waals surface area contributed by atoms with Gasteiger partial charge in [-0.15, -0.1) is 0 Å². The van der Waals surface area contributed by atoms with Crippen LogP contribution in [-0.4, -0.2) is 50.0 Å². The van der Waals surface area contributed by atoms with E-state index in [-0.39, 0.29) is 24.9 Å². The molecule has 0 saturated heterocycles. The van der Waals surface area contributed by atoms with Gasteiger partial charge in [0.2, 0.25) is 21.8 Å². The van der Waals surface area contributed by atoms with Gasteiger partial charge in [-0.05, 0) is 60.9 Å². The zero-order valence-electron chi connectivity index (χ0n) is 22.2. The fourth-order valence-corrected chi connectivity index (χ4v) is 5.12. The lowest BCUT2D eigenvalue weighted by atomic mass is 10.0. The second-order valence-corrected chi connectivity index (χ2v) is 12.2. The van der Waals surface area contributed by atoms with Crippen molar-refractivity contribution >= 4 is 43.5 Å². The molecule has 0 fully saturated rings. The van der Waals surface area contributed by atoms with Crippen molar-refractivity contribution in [3.8, 4) is 0 Å². The highest BCUT2D eigenvalue weighted by Gasteiger charge is 2.33. The van der Waals surface area contributed by atoms with Crippen molar-refractivity contribution in [1.29, 1.82) is 0 Å². The van der Waals surface area contributed by atoms with E-state index in [4.69, 9.17) is 0 Å². The summed E-state index contributed by atoms with van der Waals surface area (Å²) in [4.78, 5) is 28.9. The van der Waals surface area contributed by atoms with E-state index in [0.717, 1.165) is 20.6 Å². The van der Waals surface area contributed by atoms with Gasteiger partial charge in [0.25, 0.3) is 0 Å². The second kappa shape index (κ2) is 13.7. The van der Waals surface area contributed by atoms with Crippen LogP contribution in [0.4, 0.5) is 10.1 Å². The lowest BCUT2D eigenvalue weighted by molar-refractivity contribution is -0.140. The number of benzene rings is 3. The zero-order valence-corrected chi connectivity index (χ0v) is 24.6. The van der Waals surface area contributed by atoms with Gasteiger partial charge in [-0.25, -0.2) is 12.8 Å². The molecule has 0 aliphatic heterocycles. The number of amides is 2. The number of carbonyl (C=O) groups excluding carboxylic acids is 2. The highest BCUT2D eigenvalue weighted by atomic mass is 79.9. The molecular formula is C29H33BrFN3O4S. The minimum Gasteiger partial charge on any atom is -0.352 e. The molecule has 208 valence electrons.